The molecule has 0 aromatic heterocycles. The molecule has 1 aliphatic rings. The van der Waals surface area contributed by atoms with Gasteiger partial charge in [0, 0.05) is 26.1 Å². The van der Waals surface area contributed by atoms with Crippen LogP contribution >= 0.6 is 0 Å². The number of halogens is 2. The molecular formula is C15H22F2N2. The molecule has 19 heavy (non-hydrogen) atoms. The normalized spacial score (nSPS) is 24.1. The number of hydrogen-bond donors (Lipinski definition) is 1. The van der Waals surface area contributed by atoms with Crippen LogP contribution in [0, 0.1) is 0 Å². The molecule has 1 aliphatic heterocycles. The monoisotopic (exact) mass is 268 g/mol. The molecule has 2 rings (SSSR count). The third kappa shape index (κ3) is 3.74. The number of nitrogens with two attached hydrogens (primary N) is 1. The Morgan fingerprint density at radius 1 is 1.21 bits per heavy atom. The van der Waals surface area contributed by atoms with Crippen LogP contribution in [-0.2, 0) is 13.0 Å². The number of rotatable bonds is 3. The summed E-state index contributed by atoms with van der Waals surface area (Å²) in [5.41, 5.74) is 8.01. The molecule has 0 bridgehead atoms. The zero-order chi connectivity index (χ0) is 13.9. The van der Waals surface area contributed by atoms with Crippen molar-refractivity contribution in [3.05, 3.63) is 35.4 Å². The maximum Gasteiger partial charge on any atom is 0.264 e. The Labute approximate surface area is 113 Å². The smallest absolute Gasteiger partial charge is 0.264 e. The molecule has 106 valence electrons. The summed E-state index contributed by atoms with van der Waals surface area (Å²) < 4.78 is 27.0. The molecule has 1 unspecified atom stereocenters. The van der Waals surface area contributed by atoms with E-state index in [1.807, 2.05) is 0 Å². The second-order valence-corrected chi connectivity index (χ2v) is 5.35. The fraction of sp³-hybridized carbons (Fsp3) is 0.600. The van der Waals surface area contributed by atoms with Gasteiger partial charge in [-0.05, 0) is 24.0 Å². The highest BCUT2D eigenvalue weighted by Crippen LogP contribution is 2.27. The minimum absolute atomic E-state index is 0.138. The highest BCUT2D eigenvalue weighted by atomic mass is 19.3. The van der Waals surface area contributed by atoms with E-state index in [-0.39, 0.29) is 6.42 Å². The predicted octanol–water partition coefficient (Wildman–Crippen LogP) is 2.81. The van der Waals surface area contributed by atoms with Gasteiger partial charge >= 0.3 is 0 Å². The van der Waals surface area contributed by atoms with E-state index in [0.29, 0.717) is 19.5 Å². The zero-order valence-electron chi connectivity index (χ0n) is 11.4. The fourth-order valence-electron chi connectivity index (χ4n) is 2.43. The van der Waals surface area contributed by atoms with Gasteiger partial charge in [0.1, 0.15) is 0 Å². The van der Waals surface area contributed by atoms with Gasteiger partial charge in [-0.2, -0.15) is 0 Å². The van der Waals surface area contributed by atoms with E-state index in [0.717, 1.165) is 13.0 Å². The molecule has 0 amide bonds. The van der Waals surface area contributed by atoms with Gasteiger partial charge in [0.2, 0.25) is 0 Å². The Balaban J connectivity index is 1.95. The fourth-order valence-corrected chi connectivity index (χ4v) is 2.43. The van der Waals surface area contributed by atoms with Gasteiger partial charge in [-0.15, -0.1) is 0 Å². The summed E-state index contributed by atoms with van der Waals surface area (Å²) in [4.78, 5) is 2.07. The third-order valence-electron chi connectivity index (χ3n) is 3.90. The maximum absolute atomic E-state index is 13.5. The number of benzene rings is 1. The van der Waals surface area contributed by atoms with Crippen molar-refractivity contribution in [1.82, 2.24) is 4.90 Å². The molecule has 1 heterocycles. The highest BCUT2D eigenvalue weighted by molar-refractivity contribution is 5.22. The van der Waals surface area contributed by atoms with Crippen LogP contribution in [0.3, 0.4) is 0 Å². The highest BCUT2D eigenvalue weighted by Gasteiger charge is 2.39. The number of hydrogen-bond acceptors (Lipinski definition) is 2. The van der Waals surface area contributed by atoms with E-state index in [1.54, 1.807) is 0 Å². The first-order valence-electron chi connectivity index (χ1n) is 6.95. The molecule has 4 heteroatoms. The molecule has 1 saturated heterocycles. The summed E-state index contributed by atoms with van der Waals surface area (Å²) >= 11 is 0. The Morgan fingerprint density at radius 3 is 2.47 bits per heavy atom. The van der Waals surface area contributed by atoms with Crippen LogP contribution in [0.4, 0.5) is 8.78 Å². The molecule has 2 N–H and O–H groups in total. The molecule has 0 saturated carbocycles. The van der Waals surface area contributed by atoms with Gasteiger partial charge in [-0.3, -0.25) is 4.90 Å². The predicted molar refractivity (Wildman–Crippen MR) is 73.3 cm³/mol. The largest absolute Gasteiger partial charge is 0.323 e. The summed E-state index contributed by atoms with van der Waals surface area (Å²) in [6, 6.07) is 7.38. The molecule has 1 aromatic carbocycles. The average Bonchev–Trinajstić information content (AvgIpc) is 2.53. The van der Waals surface area contributed by atoms with Crippen LogP contribution in [0.2, 0.25) is 0 Å². The lowest BCUT2D eigenvalue weighted by Gasteiger charge is -2.20. The maximum atomic E-state index is 13.5. The lowest BCUT2D eigenvalue weighted by Crippen LogP contribution is -2.40. The van der Waals surface area contributed by atoms with Crippen LogP contribution in [0.5, 0.6) is 0 Å². The van der Waals surface area contributed by atoms with Crippen LogP contribution in [0.15, 0.2) is 24.3 Å². The van der Waals surface area contributed by atoms with Crippen LogP contribution in [0.25, 0.3) is 0 Å². The van der Waals surface area contributed by atoms with E-state index in [2.05, 4.69) is 36.1 Å². The van der Waals surface area contributed by atoms with Crippen LogP contribution in [0.1, 0.15) is 30.9 Å². The number of likely N-dealkylation sites (tertiary alicyclic amines) is 1. The van der Waals surface area contributed by atoms with E-state index < -0.39 is 12.0 Å². The summed E-state index contributed by atoms with van der Waals surface area (Å²) in [5, 5.41) is 0. The first-order chi connectivity index (χ1) is 9.01. The van der Waals surface area contributed by atoms with Crippen molar-refractivity contribution >= 4 is 0 Å². The number of nitrogens with zero attached hydrogens (tertiary/aromatic N) is 1. The quantitative estimate of drug-likeness (QED) is 0.913. The molecule has 2 nitrogen and oxygen atoms in total. The summed E-state index contributed by atoms with van der Waals surface area (Å²) in [6.45, 7) is 3.91. The molecular weight excluding hydrogens is 246 g/mol. The molecule has 1 aromatic rings. The average molecular weight is 268 g/mol. The molecule has 0 radical (unpaired) electrons. The van der Waals surface area contributed by atoms with E-state index in [4.69, 9.17) is 5.73 Å². The standard InChI is InChI=1S/C15H22F2N2/c1-2-12-3-5-13(6-4-12)11-19-9-7-14(18)15(16,17)8-10-19/h3-6,14H,2,7-11,18H2,1H3. The van der Waals surface area contributed by atoms with Gasteiger partial charge in [0.05, 0.1) is 6.04 Å². The molecule has 1 atom stereocenters. The minimum Gasteiger partial charge on any atom is -0.323 e. The number of aryl methyl sites for hydroxylation is 1. The lowest BCUT2D eigenvalue weighted by molar-refractivity contribution is -0.0296. The zero-order valence-corrected chi connectivity index (χ0v) is 11.4. The minimum atomic E-state index is -2.72. The van der Waals surface area contributed by atoms with Gasteiger partial charge in [-0.25, -0.2) is 8.78 Å². The van der Waals surface area contributed by atoms with Crippen molar-refractivity contribution in [3.8, 4) is 0 Å². The lowest BCUT2D eigenvalue weighted by atomic mass is 10.1. The van der Waals surface area contributed by atoms with Crippen molar-refractivity contribution < 1.29 is 8.78 Å². The summed E-state index contributed by atoms with van der Waals surface area (Å²) in [7, 11) is 0. The van der Waals surface area contributed by atoms with Crippen molar-refractivity contribution in [2.75, 3.05) is 13.1 Å². The Morgan fingerprint density at radius 2 is 1.84 bits per heavy atom. The topological polar surface area (TPSA) is 29.3 Å². The first kappa shape index (κ1) is 14.4. The van der Waals surface area contributed by atoms with E-state index in [9.17, 15) is 8.78 Å². The van der Waals surface area contributed by atoms with Crippen molar-refractivity contribution in [2.24, 2.45) is 5.73 Å². The molecule has 0 spiro atoms. The first-order valence-corrected chi connectivity index (χ1v) is 6.95. The summed E-state index contributed by atoms with van der Waals surface area (Å²) in [6.07, 6.45) is 1.24. The van der Waals surface area contributed by atoms with Crippen molar-refractivity contribution in [2.45, 2.75) is 44.7 Å². The Kier molecular flexibility index (Phi) is 4.53. The van der Waals surface area contributed by atoms with Crippen molar-refractivity contribution in [3.63, 3.8) is 0 Å². The Bertz CT molecular complexity index is 403. The van der Waals surface area contributed by atoms with E-state index >= 15 is 0 Å². The second kappa shape index (κ2) is 5.97. The van der Waals surface area contributed by atoms with Crippen LogP contribution < -0.4 is 5.73 Å². The second-order valence-electron chi connectivity index (χ2n) is 5.35. The van der Waals surface area contributed by atoms with Crippen LogP contribution in [-0.4, -0.2) is 30.0 Å². The van der Waals surface area contributed by atoms with E-state index in [1.165, 1.54) is 11.1 Å². The molecule has 0 aliphatic carbocycles. The van der Waals surface area contributed by atoms with Crippen molar-refractivity contribution in [1.29, 1.82) is 0 Å². The number of alkyl halides is 2. The SMILES string of the molecule is CCc1ccc(CN2CCC(N)C(F)(F)CC2)cc1. The third-order valence-corrected chi connectivity index (χ3v) is 3.90. The van der Waals surface area contributed by atoms with Gasteiger partial charge in [0.25, 0.3) is 5.92 Å². The van der Waals surface area contributed by atoms with Gasteiger partial charge < -0.3 is 5.73 Å². The van der Waals surface area contributed by atoms with Gasteiger partial charge in [-0.1, -0.05) is 31.2 Å². The summed E-state index contributed by atoms with van der Waals surface area (Å²) in [5.74, 6) is -2.72. The molecule has 1 fully saturated rings. The Hall–Kier alpha value is -1.00. The van der Waals surface area contributed by atoms with Gasteiger partial charge in [0.15, 0.2) is 0 Å².